The SMILES string of the molecule is CCC1CCC(NC(=O)C(C(N)=S)C(C)C)C1C. The monoisotopic (exact) mass is 270 g/mol. The van der Waals surface area contributed by atoms with Crippen molar-refractivity contribution in [3.63, 3.8) is 0 Å². The van der Waals surface area contributed by atoms with Gasteiger partial charge in [0.25, 0.3) is 0 Å². The van der Waals surface area contributed by atoms with Gasteiger partial charge in [0.05, 0.1) is 10.9 Å². The van der Waals surface area contributed by atoms with Gasteiger partial charge in [-0.2, -0.15) is 0 Å². The fraction of sp³-hybridized carbons (Fsp3) is 0.857. The van der Waals surface area contributed by atoms with E-state index >= 15 is 0 Å². The number of nitrogens with two attached hydrogens (primary N) is 1. The quantitative estimate of drug-likeness (QED) is 0.755. The molecule has 0 heterocycles. The van der Waals surface area contributed by atoms with Gasteiger partial charge in [0, 0.05) is 6.04 Å². The van der Waals surface area contributed by atoms with Crippen LogP contribution in [0, 0.1) is 23.7 Å². The Morgan fingerprint density at radius 3 is 2.44 bits per heavy atom. The second kappa shape index (κ2) is 6.50. The summed E-state index contributed by atoms with van der Waals surface area (Å²) < 4.78 is 0. The molecule has 1 aliphatic carbocycles. The maximum absolute atomic E-state index is 12.2. The first-order valence-corrected chi connectivity index (χ1v) is 7.39. The molecule has 4 atom stereocenters. The summed E-state index contributed by atoms with van der Waals surface area (Å²) in [5, 5.41) is 3.15. The molecule has 0 radical (unpaired) electrons. The van der Waals surface area contributed by atoms with Crippen LogP contribution in [-0.4, -0.2) is 16.9 Å². The van der Waals surface area contributed by atoms with E-state index in [0.717, 1.165) is 12.3 Å². The average molecular weight is 270 g/mol. The van der Waals surface area contributed by atoms with Crippen molar-refractivity contribution in [2.45, 2.75) is 53.0 Å². The first-order chi connectivity index (χ1) is 8.38. The van der Waals surface area contributed by atoms with Gasteiger partial charge in [-0.05, 0) is 30.6 Å². The molecule has 4 heteroatoms. The van der Waals surface area contributed by atoms with Crippen LogP contribution in [0.25, 0.3) is 0 Å². The van der Waals surface area contributed by atoms with Gasteiger partial charge < -0.3 is 11.1 Å². The minimum absolute atomic E-state index is 0.00565. The lowest BCUT2D eigenvalue weighted by Gasteiger charge is -2.25. The van der Waals surface area contributed by atoms with E-state index < -0.39 is 0 Å². The Kier molecular flexibility index (Phi) is 5.57. The zero-order chi connectivity index (χ0) is 13.9. The summed E-state index contributed by atoms with van der Waals surface area (Å²) in [4.78, 5) is 12.5. The van der Waals surface area contributed by atoms with E-state index in [0.29, 0.717) is 10.9 Å². The molecule has 1 rings (SSSR count). The lowest BCUT2D eigenvalue weighted by Crippen LogP contribution is -2.46. The molecule has 1 aliphatic rings. The molecule has 3 N–H and O–H groups in total. The smallest absolute Gasteiger partial charge is 0.230 e. The highest BCUT2D eigenvalue weighted by molar-refractivity contribution is 7.80. The van der Waals surface area contributed by atoms with Crippen LogP contribution in [0.2, 0.25) is 0 Å². The van der Waals surface area contributed by atoms with Crippen LogP contribution in [0.4, 0.5) is 0 Å². The predicted octanol–water partition coefficient (Wildman–Crippen LogP) is 2.49. The highest BCUT2D eigenvalue weighted by atomic mass is 32.1. The lowest BCUT2D eigenvalue weighted by atomic mass is 9.91. The zero-order valence-electron chi connectivity index (χ0n) is 11.9. The summed E-state index contributed by atoms with van der Waals surface area (Å²) in [6.45, 7) is 8.42. The standard InChI is InChI=1S/C14H26N2OS/c1-5-10-6-7-11(9(10)4)16-14(17)12(8(2)3)13(15)18/h8-12H,5-7H2,1-4H3,(H2,15,18)(H,16,17). The summed E-state index contributed by atoms with van der Waals surface area (Å²) in [6, 6.07) is 0.290. The average Bonchev–Trinajstić information content (AvgIpc) is 2.58. The van der Waals surface area contributed by atoms with Gasteiger partial charge in [-0.15, -0.1) is 0 Å². The Morgan fingerprint density at radius 2 is 2.06 bits per heavy atom. The Balaban J connectivity index is 2.62. The summed E-state index contributed by atoms with van der Waals surface area (Å²) >= 11 is 5.00. The highest BCUT2D eigenvalue weighted by Crippen LogP contribution is 2.34. The summed E-state index contributed by atoms with van der Waals surface area (Å²) in [5.41, 5.74) is 5.67. The van der Waals surface area contributed by atoms with Crippen LogP contribution in [0.15, 0.2) is 0 Å². The van der Waals surface area contributed by atoms with Crippen molar-refractivity contribution >= 4 is 23.1 Å². The number of nitrogens with one attached hydrogen (secondary N) is 1. The van der Waals surface area contributed by atoms with Gasteiger partial charge in [-0.3, -0.25) is 4.79 Å². The second-order valence-electron chi connectivity index (χ2n) is 5.84. The Bertz CT molecular complexity index is 317. The van der Waals surface area contributed by atoms with E-state index in [4.69, 9.17) is 18.0 Å². The van der Waals surface area contributed by atoms with Crippen molar-refractivity contribution in [3.05, 3.63) is 0 Å². The first kappa shape index (κ1) is 15.4. The van der Waals surface area contributed by atoms with E-state index in [1.807, 2.05) is 13.8 Å². The van der Waals surface area contributed by atoms with E-state index in [2.05, 4.69) is 19.2 Å². The van der Waals surface area contributed by atoms with Gasteiger partial charge >= 0.3 is 0 Å². The van der Waals surface area contributed by atoms with E-state index in [-0.39, 0.29) is 23.8 Å². The van der Waals surface area contributed by atoms with E-state index in [1.165, 1.54) is 12.8 Å². The molecule has 0 aliphatic heterocycles. The van der Waals surface area contributed by atoms with Crippen LogP contribution in [0.5, 0.6) is 0 Å². The summed E-state index contributed by atoms with van der Waals surface area (Å²) in [5.74, 6) is 1.11. The van der Waals surface area contributed by atoms with Crippen molar-refractivity contribution in [2.24, 2.45) is 29.4 Å². The summed E-state index contributed by atoms with van der Waals surface area (Å²) in [6.07, 6.45) is 3.48. The minimum Gasteiger partial charge on any atom is -0.393 e. The second-order valence-corrected chi connectivity index (χ2v) is 6.32. The van der Waals surface area contributed by atoms with Gasteiger partial charge in [-0.1, -0.05) is 46.3 Å². The molecule has 1 saturated carbocycles. The molecule has 0 aromatic carbocycles. The molecule has 0 spiro atoms. The topological polar surface area (TPSA) is 55.1 Å². The van der Waals surface area contributed by atoms with E-state index in [1.54, 1.807) is 0 Å². The zero-order valence-corrected chi connectivity index (χ0v) is 12.7. The number of hydrogen-bond donors (Lipinski definition) is 2. The fourth-order valence-corrected chi connectivity index (χ4v) is 3.44. The number of carbonyl (C=O) groups is 1. The van der Waals surface area contributed by atoms with Gasteiger partial charge in [0.1, 0.15) is 0 Å². The van der Waals surface area contributed by atoms with Crippen molar-refractivity contribution in [3.8, 4) is 0 Å². The lowest BCUT2D eigenvalue weighted by molar-refractivity contribution is -0.124. The molecule has 104 valence electrons. The predicted molar refractivity (Wildman–Crippen MR) is 79.2 cm³/mol. The molecule has 0 saturated heterocycles. The van der Waals surface area contributed by atoms with Gasteiger partial charge in [0.2, 0.25) is 5.91 Å². The van der Waals surface area contributed by atoms with Crippen molar-refractivity contribution in [2.75, 3.05) is 0 Å². The first-order valence-electron chi connectivity index (χ1n) is 6.98. The minimum atomic E-state index is -0.340. The molecule has 1 fully saturated rings. The van der Waals surface area contributed by atoms with Gasteiger partial charge in [0.15, 0.2) is 0 Å². The maximum Gasteiger partial charge on any atom is 0.230 e. The molecular formula is C14H26N2OS. The fourth-order valence-electron chi connectivity index (χ4n) is 3.06. The number of hydrogen-bond acceptors (Lipinski definition) is 2. The molecule has 18 heavy (non-hydrogen) atoms. The van der Waals surface area contributed by atoms with Crippen molar-refractivity contribution in [1.29, 1.82) is 0 Å². The van der Waals surface area contributed by atoms with Crippen LogP contribution < -0.4 is 11.1 Å². The number of thiocarbonyl (C=S) groups is 1. The maximum atomic E-state index is 12.2. The van der Waals surface area contributed by atoms with Gasteiger partial charge in [-0.25, -0.2) is 0 Å². The molecule has 0 aromatic heterocycles. The molecule has 1 amide bonds. The molecule has 4 unspecified atom stereocenters. The third-order valence-corrected chi connectivity index (χ3v) is 4.59. The largest absolute Gasteiger partial charge is 0.393 e. The number of rotatable bonds is 5. The third-order valence-electron chi connectivity index (χ3n) is 4.33. The third kappa shape index (κ3) is 3.44. The molecule has 0 aromatic rings. The normalized spacial score (nSPS) is 29.3. The Labute approximate surface area is 116 Å². The Hall–Kier alpha value is -0.640. The van der Waals surface area contributed by atoms with Crippen molar-refractivity contribution < 1.29 is 4.79 Å². The van der Waals surface area contributed by atoms with E-state index in [9.17, 15) is 4.79 Å². The van der Waals surface area contributed by atoms with Crippen molar-refractivity contribution in [1.82, 2.24) is 5.32 Å². The van der Waals surface area contributed by atoms with Crippen LogP contribution in [-0.2, 0) is 4.79 Å². The van der Waals surface area contributed by atoms with Crippen LogP contribution >= 0.6 is 12.2 Å². The number of amides is 1. The molecule has 0 bridgehead atoms. The number of carbonyl (C=O) groups excluding carboxylic acids is 1. The highest BCUT2D eigenvalue weighted by Gasteiger charge is 2.34. The Morgan fingerprint density at radius 1 is 1.44 bits per heavy atom. The summed E-state index contributed by atoms with van der Waals surface area (Å²) in [7, 11) is 0. The van der Waals surface area contributed by atoms with Crippen LogP contribution in [0.1, 0.15) is 47.0 Å². The molecular weight excluding hydrogens is 244 g/mol. The van der Waals surface area contributed by atoms with Crippen LogP contribution in [0.3, 0.4) is 0 Å². The molecule has 3 nitrogen and oxygen atoms in total.